The monoisotopic (exact) mass is 140 g/mol. The molecule has 0 aromatic rings. The van der Waals surface area contributed by atoms with E-state index in [2.05, 4.69) is 0 Å². The van der Waals surface area contributed by atoms with Gasteiger partial charge in [-0.25, -0.2) is 0 Å². The Balaban J connectivity index is 0.000000490. The minimum atomic E-state index is -0.714. The molecule has 0 aromatic carbocycles. The minimum absolute atomic E-state index is 0. The van der Waals surface area contributed by atoms with Gasteiger partial charge in [-0.2, -0.15) is 0 Å². The first-order chi connectivity index (χ1) is 3.39. The predicted octanol–water partition coefficient (Wildman–Crippen LogP) is -3.12. The summed E-state index contributed by atoms with van der Waals surface area (Å²) < 4.78 is 4.72. The molecule has 3 heteroatoms. The molecule has 1 aliphatic rings. The van der Waals surface area contributed by atoms with E-state index in [-0.39, 0.29) is 51.4 Å². The van der Waals surface area contributed by atoms with Gasteiger partial charge in [-0.05, 0) is 25.6 Å². The molecule has 0 bridgehead atoms. The summed E-state index contributed by atoms with van der Waals surface area (Å²) in [6, 6.07) is 0. The molecule has 1 aliphatic heterocycles. The molecule has 8 heavy (non-hydrogen) atoms. The van der Waals surface area contributed by atoms with Gasteiger partial charge in [0.05, 0.1) is 0 Å². The molecule has 0 amide bonds. The third kappa shape index (κ3) is 3.56. The second-order valence-electron chi connectivity index (χ2n) is 1.80. The van der Waals surface area contributed by atoms with E-state index in [1.807, 2.05) is 0 Å². The quantitative estimate of drug-likeness (QED) is 0.333. The Bertz CT molecular complexity index is 52.4. The second kappa shape index (κ2) is 5.35. The van der Waals surface area contributed by atoms with Gasteiger partial charge in [-0.3, -0.25) is 0 Å². The zero-order valence-corrected chi connectivity index (χ0v) is 8.35. The summed E-state index contributed by atoms with van der Waals surface area (Å²) in [5.41, 5.74) is 0. The van der Waals surface area contributed by atoms with Crippen LogP contribution in [0.3, 0.4) is 0 Å². The average Bonchev–Trinajstić information content (AvgIpc) is 1.69. The van der Waals surface area contributed by atoms with E-state index in [1.54, 1.807) is 0 Å². The van der Waals surface area contributed by atoms with Crippen LogP contribution in [0.2, 0.25) is 0 Å². The molecule has 1 saturated heterocycles. The standard InChI is InChI=1S/C5H9O2.K/c6-5-3-1-2-4-7-5;/h5H,1-4H2;/q-1;+1. The van der Waals surface area contributed by atoms with Crippen LogP contribution in [0, 0.1) is 0 Å². The van der Waals surface area contributed by atoms with Crippen LogP contribution in [0.1, 0.15) is 19.3 Å². The van der Waals surface area contributed by atoms with E-state index in [0.717, 1.165) is 12.8 Å². The largest absolute Gasteiger partial charge is 1.00 e. The molecule has 1 rings (SSSR count). The fraction of sp³-hybridized carbons (Fsp3) is 1.00. The summed E-state index contributed by atoms with van der Waals surface area (Å²) in [5, 5.41) is 10.3. The van der Waals surface area contributed by atoms with Crippen LogP contribution in [-0.4, -0.2) is 12.9 Å². The Labute approximate surface area is 92.0 Å². The van der Waals surface area contributed by atoms with Gasteiger partial charge in [0.2, 0.25) is 0 Å². The molecule has 0 aliphatic carbocycles. The SMILES string of the molecule is [K+].[O-]C1CCCCO1. The van der Waals surface area contributed by atoms with E-state index < -0.39 is 6.29 Å². The molecule has 2 nitrogen and oxygen atoms in total. The summed E-state index contributed by atoms with van der Waals surface area (Å²) in [6.07, 6.45) is 2.11. The first kappa shape index (κ1) is 9.56. The van der Waals surface area contributed by atoms with Crippen molar-refractivity contribution in [3.8, 4) is 0 Å². The summed E-state index contributed by atoms with van der Waals surface area (Å²) in [4.78, 5) is 0. The van der Waals surface area contributed by atoms with Crippen molar-refractivity contribution >= 4 is 0 Å². The third-order valence-corrected chi connectivity index (χ3v) is 1.14. The Morgan fingerprint density at radius 2 is 2.12 bits per heavy atom. The van der Waals surface area contributed by atoms with Crippen LogP contribution in [0.15, 0.2) is 0 Å². The van der Waals surface area contributed by atoms with Crippen LogP contribution in [0.25, 0.3) is 0 Å². The van der Waals surface area contributed by atoms with Crippen molar-refractivity contribution in [1.82, 2.24) is 0 Å². The first-order valence-corrected chi connectivity index (χ1v) is 2.67. The van der Waals surface area contributed by atoms with Gasteiger partial charge in [0.15, 0.2) is 0 Å². The van der Waals surface area contributed by atoms with Crippen molar-refractivity contribution in [2.45, 2.75) is 25.6 Å². The first-order valence-electron chi connectivity index (χ1n) is 2.67. The molecule has 0 aromatic heterocycles. The average molecular weight is 140 g/mol. The van der Waals surface area contributed by atoms with Crippen LogP contribution in [0.4, 0.5) is 0 Å². The number of ether oxygens (including phenoxy) is 1. The van der Waals surface area contributed by atoms with E-state index in [1.165, 1.54) is 0 Å². The maximum Gasteiger partial charge on any atom is 1.00 e. The number of hydrogen-bond acceptors (Lipinski definition) is 2. The van der Waals surface area contributed by atoms with Gasteiger partial charge in [-0.15, -0.1) is 0 Å². The summed E-state index contributed by atoms with van der Waals surface area (Å²) in [7, 11) is 0. The Kier molecular flexibility index (Phi) is 6.39. The van der Waals surface area contributed by atoms with Crippen LogP contribution >= 0.6 is 0 Å². The van der Waals surface area contributed by atoms with E-state index in [4.69, 9.17) is 4.74 Å². The maximum absolute atomic E-state index is 10.3. The maximum atomic E-state index is 10.3. The summed E-state index contributed by atoms with van der Waals surface area (Å²) in [5.74, 6) is 0. The fourth-order valence-corrected chi connectivity index (χ4v) is 0.711. The number of hydrogen-bond donors (Lipinski definition) is 0. The van der Waals surface area contributed by atoms with E-state index in [0.29, 0.717) is 13.0 Å². The molecular formula is C5H9KO2. The topological polar surface area (TPSA) is 32.3 Å². The summed E-state index contributed by atoms with van der Waals surface area (Å²) in [6.45, 7) is 0.675. The van der Waals surface area contributed by atoms with Crippen LogP contribution in [-0.2, 0) is 4.74 Å². The smallest absolute Gasteiger partial charge is 0.831 e. The molecule has 1 unspecified atom stereocenters. The summed E-state index contributed by atoms with van der Waals surface area (Å²) >= 11 is 0. The van der Waals surface area contributed by atoms with Gasteiger partial charge in [0.25, 0.3) is 0 Å². The fourth-order valence-electron chi connectivity index (χ4n) is 0.711. The predicted molar refractivity (Wildman–Crippen MR) is 23.6 cm³/mol. The molecule has 0 saturated carbocycles. The number of rotatable bonds is 0. The molecular weight excluding hydrogens is 131 g/mol. The van der Waals surface area contributed by atoms with Crippen molar-refractivity contribution in [2.75, 3.05) is 6.61 Å². The van der Waals surface area contributed by atoms with Crippen molar-refractivity contribution in [3.63, 3.8) is 0 Å². The van der Waals surface area contributed by atoms with Crippen LogP contribution < -0.4 is 56.5 Å². The molecule has 0 N–H and O–H groups in total. The van der Waals surface area contributed by atoms with Crippen molar-refractivity contribution < 1.29 is 61.2 Å². The van der Waals surface area contributed by atoms with Crippen molar-refractivity contribution in [1.29, 1.82) is 0 Å². The van der Waals surface area contributed by atoms with Crippen molar-refractivity contribution in [2.24, 2.45) is 0 Å². The molecule has 1 atom stereocenters. The van der Waals surface area contributed by atoms with E-state index >= 15 is 0 Å². The van der Waals surface area contributed by atoms with Crippen LogP contribution in [0.5, 0.6) is 0 Å². The van der Waals surface area contributed by atoms with Gasteiger partial charge in [0, 0.05) is 6.61 Å². The molecule has 42 valence electrons. The van der Waals surface area contributed by atoms with Gasteiger partial charge in [-0.1, -0.05) is 0 Å². The second-order valence-corrected chi connectivity index (χ2v) is 1.80. The Morgan fingerprint density at radius 3 is 2.38 bits per heavy atom. The minimum Gasteiger partial charge on any atom is -0.831 e. The third-order valence-electron chi connectivity index (χ3n) is 1.14. The van der Waals surface area contributed by atoms with E-state index in [9.17, 15) is 5.11 Å². The normalized spacial score (nSPS) is 28.9. The molecule has 1 heterocycles. The molecule has 0 radical (unpaired) electrons. The zero-order valence-electron chi connectivity index (χ0n) is 5.22. The Morgan fingerprint density at radius 1 is 1.38 bits per heavy atom. The van der Waals surface area contributed by atoms with Gasteiger partial charge in [0.1, 0.15) is 0 Å². The van der Waals surface area contributed by atoms with Crippen molar-refractivity contribution in [3.05, 3.63) is 0 Å². The molecule has 1 fully saturated rings. The molecule has 0 spiro atoms. The zero-order chi connectivity index (χ0) is 5.11. The Hall–Kier alpha value is 1.56. The van der Waals surface area contributed by atoms with Gasteiger partial charge >= 0.3 is 51.4 Å². The van der Waals surface area contributed by atoms with Gasteiger partial charge < -0.3 is 9.84 Å².